The van der Waals surface area contributed by atoms with Crippen LogP contribution in [0, 0.1) is 6.92 Å². The van der Waals surface area contributed by atoms with Crippen LogP contribution in [0.1, 0.15) is 11.3 Å². The Bertz CT molecular complexity index is 592. The summed E-state index contributed by atoms with van der Waals surface area (Å²) in [5.74, 6) is 1.63. The molecule has 0 saturated heterocycles. The zero-order valence-corrected chi connectivity index (χ0v) is 11.1. The van der Waals surface area contributed by atoms with Gasteiger partial charge in [-0.1, -0.05) is 0 Å². The lowest BCUT2D eigenvalue weighted by atomic mass is 9.99. The second-order valence-electron chi connectivity index (χ2n) is 4.64. The molecule has 5 nitrogen and oxygen atoms in total. The maximum Gasteiger partial charge on any atom is 0.231 e. The third kappa shape index (κ3) is 2.17. The van der Waals surface area contributed by atoms with E-state index in [9.17, 15) is 0 Å². The number of aromatic amines is 1. The molecule has 0 saturated carbocycles. The molecule has 0 fully saturated rings. The van der Waals surface area contributed by atoms with E-state index in [2.05, 4.69) is 22.4 Å². The molecule has 1 aliphatic heterocycles. The molecule has 1 aliphatic rings. The normalized spacial score (nSPS) is 12.9. The first-order valence-corrected chi connectivity index (χ1v) is 6.37. The fraction of sp³-hybridized carbons (Fsp3) is 0.357. The minimum Gasteiger partial charge on any atom is -0.454 e. The van der Waals surface area contributed by atoms with Gasteiger partial charge in [-0.2, -0.15) is 5.10 Å². The number of hydrogen-bond donors (Lipinski definition) is 2. The number of benzene rings is 1. The highest BCUT2D eigenvalue weighted by Gasteiger charge is 2.18. The van der Waals surface area contributed by atoms with Crippen molar-refractivity contribution < 1.29 is 9.47 Å². The predicted molar refractivity (Wildman–Crippen MR) is 72.5 cm³/mol. The van der Waals surface area contributed by atoms with Crippen LogP contribution in [-0.4, -0.2) is 30.6 Å². The molecule has 0 aliphatic carbocycles. The lowest BCUT2D eigenvalue weighted by Crippen LogP contribution is -2.11. The Morgan fingerprint density at radius 2 is 2.05 bits per heavy atom. The van der Waals surface area contributed by atoms with E-state index in [1.54, 1.807) is 0 Å². The Balaban J connectivity index is 2.00. The van der Waals surface area contributed by atoms with Crippen LogP contribution in [0.2, 0.25) is 0 Å². The minimum atomic E-state index is 0.302. The summed E-state index contributed by atoms with van der Waals surface area (Å²) in [5, 5.41) is 10.4. The monoisotopic (exact) mass is 259 g/mol. The van der Waals surface area contributed by atoms with Crippen molar-refractivity contribution >= 4 is 0 Å². The summed E-state index contributed by atoms with van der Waals surface area (Å²) in [4.78, 5) is 0. The highest BCUT2D eigenvalue weighted by Crippen LogP contribution is 2.39. The van der Waals surface area contributed by atoms with E-state index in [1.807, 2.05) is 25.4 Å². The van der Waals surface area contributed by atoms with Gasteiger partial charge in [0.05, 0.1) is 6.20 Å². The van der Waals surface area contributed by atoms with Crippen LogP contribution < -0.4 is 14.8 Å². The maximum absolute atomic E-state index is 5.45. The standard InChI is InChI=1S/C14H17N3O2/c1-9-5-13-14(19-8-18-13)6-10(9)11-7-16-17-12(11)3-4-15-2/h5-7,15H,3-4,8H2,1-2H3,(H,16,17). The molecule has 100 valence electrons. The summed E-state index contributed by atoms with van der Waals surface area (Å²) in [6.45, 7) is 3.29. The first-order chi connectivity index (χ1) is 9.29. The summed E-state index contributed by atoms with van der Waals surface area (Å²) in [5.41, 5.74) is 4.57. The van der Waals surface area contributed by atoms with Gasteiger partial charge in [-0.15, -0.1) is 0 Å². The van der Waals surface area contributed by atoms with Gasteiger partial charge in [0.15, 0.2) is 11.5 Å². The Kier molecular flexibility index (Phi) is 3.13. The number of nitrogens with one attached hydrogen (secondary N) is 2. The second kappa shape index (κ2) is 4.93. The van der Waals surface area contributed by atoms with Crippen LogP contribution >= 0.6 is 0 Å². The van der Waals surface area contributed by atoms with Crippen LogP contribution in [0.5, 0.6) is 11.5 Å². The number of hydrogen-bond acceptors (Lipinski definition) is 4. The second-order valence-corrected chi connectivity index (χ2v) is 4.64. The van der Waals surface area contributed by atoms with E-state index in [4.69, 9.17) is 9.47 Å². The van der Waals surface area contributed by atoms with Gasteiger partial charge in [-0.25, -0.2) is 0 Å². The van der Waals surface area contributed by atoms with Crippen LogP contribution in [0.25, 0.3) is 11.1 Å². The molecule has 0 radical (unpaired) electrons. The fourth-order valence-electron chi connectivity index (χ4n) is 2.32. The van der Waals surface area contributed by atoms with E-state index in [0.29, 0.717) is 6.79 Å². The zero-order valence-electron chi connectivity index (χ0n) is 11.1. The number of rotatable bonds is 4. The molecular weight excluding hydrogens is 242 g/mol. The van der Waals surface area contributed by atoms with Gasteiger partial charge < -0.3 is 14.8 Å². The molecule has 3 rings (SSSR count). The Morgan fingerprint density at radius 1 is 1.26 bits per heavy atom. The van der Waals surface area contributed by atoms with Gasteiger partial charge in [-0.3, -0.25) is 5.10 Å². The molecular formula is C14H17N3O2. The van der Waals surface area contributed by atoms with Crippen molar-refractivity contribution in [1.82, 2.24) is 15.5 Å². The van der Waals surface area contributed by atoms with Crippen LogP contribution in [0.3, 0.4) is 0 Å². The molecule has 19 heavy (non-hydrogen) atoms. The number of nitrogens with zero attached hydrogens (tertiary/aromatic N) is 1. The molecule has 2 N–H and O–H groups in total. The molecule has 0 atom stereocenters. The lowest BCUT2D eigenvalue weighted by Gasteiger charge is -2.08. The van der Waals surface area contributed by atoms with E-state index in [-0.39, 0.29) is 0 Å². The number of aryl methyl sites for hydroxylation is 1. The highest BCUT2D eigenvalue weighted by molar-refractivity contribution is 5.72. The van der Waals surface area contributed by atoms with Gasteiger partial charge in [0.2, 0.25) is 6.79 Å². The zero-order chi connectivity index (χ0) is 13.2. The van der Waals surface area contributed by atoms with Crippen LogP contribution in [0.4, 0.5) is 0 Å². The number of H-pyrrole nitrogens is 1. The quantitative estimate of drug-likeness (QED) is 0.880. The van der Waals surface area contributed by atoms with E-state index < -0.39 is 0 Å². The molecule has 2 heterocycles. The van der Waals surface area contributed by atoms with Gasteiger partial charge >= 0.3 is 0 Å². The van der Waals surface area contributed by atoms with Gasteiger partial charge in [0, 0.05) is 24.2 Å². The Morgan fingerprint density at radius 3 is 2.84 bits per heavy atom. The summed E-state index contributed by atoms with van der Waals surface area (Å²) >= 11 is 0. The summed E-state index contributed by atoms with van der Waals surface area (Å²) in [6.07, 6.45) is 2.79. The Hall–Kier alpha value is -2.01. The predicted octanol–water partition coefficient (Wildman–Crippen LogP) is 1.88. The Labute approximate surface area is 111 Å². The smallest absolute Gasteiger partial charge is 0.231 e. The minimum absolute atomic E-state index is 0.302. The van der Waals surface area contributed by atoms with Gasteiger partial charge in [0.25, 0.3) is 0 Å². The third-order valence-electron chi connectivity index (χ3n) is 3.35. The van der Waals surface area contributed by atoms with E-state index >= 15 is 0 Å². The van der Waals surface area contributed by atoms with E-state index in [0.717, 1.165) is 46.8 Å². The van der Waals surface area contributed by atoms with Crippen molar-refractivity contribution in [1.29, 1.82) is 0 Å². The van der Waals surface area contributed by atoms with Crippen molar-refractivity contribution in [3.63, 3.8) is 0 Å². The third-order valence-corrected chi connectivity index (χ3v) is 3.35. The van der Waals surface area contributed by atoms with Gasteiger partial charge in [0.1, 0.15) is 0 Å². The van der Waals surface area contributed by atoms with Crippen molar-refractivity contribution in [2.24, 2.45) is 0 Å². The lowest BCUT2D eigenvalue weighted by molar-refractivity contribution is 0.174. The SMILES string of the molecule is CNCCc1[nH]ncc1-c1cc2c(cc1C)OCO2. The highest BCUT2D eigenvalue weighted by atomic mass is 16.7. The molecule has 5 heteroatoms. The largest absolute Gasteiger partial charge is 0.454 e. The van der Waals surface area contributed by atoms with Crippen LogP contribution in [-0.2, 0) is 6.42 Å². The first kappa shape index (κ1) is 12.0. The molecule has 2 aromatic rings. The van der Waals surface area contributed by atoms with Gasteiger partial charge in [-0.05, 0) is 37.2 Å². The molecule has 0 unspecified atom stereocenters. The fourth-order valence-corrected chi connectivity index (χ4v) is 2.32. The summed E-state index contributed by atoms with van der Waals surface area (Å²) in [6, 6.07) is 4.05. The molecule has 0 bridgehead atoms. The molecule has 1 aromatic heterocycles. The van der Waals surface area contributed by atoms with Crippen molar-refractivity contribution in [2.45, 2.75) is 13.3 Å². The number of ether oxygens (including phenoxy) is 2. The topological polar surface area (TPSA) is 59.2 Å². The average molecular weight is 259 g/mol. The van der Waals surface area contributed by atoms with Crippen LogP contribution in [0.15, 0.2) is 18.3 Å². The number of likely N-dealkylation sites (N-methyl/N-ethyl adjacent to an activating group) is 1. The molecule has 1 aromatic carbocycles. The molecule has 0 spiro atoms. The van der Waals surface area contributed by atoms with E-state index in [1.165, 1.54) is 0 Å². The van der Waals surface area contributed by atoms with Crippen molar-refractivity contribution in [2.75, 3.05) is 20.4 Å². The molecule has 0 amide bonds. The summed E-state index contributed by atoms with van der Waals surface area (Å²) < 4.78 is 10.8. The van der Waals surface area contributed by atoms with Crippen molar-refractivity contribution in [3.8, 4) is 22.6 Å². The van der Waals surface area contributed by atoms with Crippen molar-refractivity contribution in [3.05, 3.63) is 29.6 Å². The average Bonchev–Trinajstić information content (AvgIpc) is 3.03. The summed E-state index contributed by atoms with van der Waals surface area (Å²) in [7, 11) is 1.95. The number of aromatic nitrogens is 2. The first-order valence-electron chi connectivity index (χ1n) is 6.37. The maximum atomic E-state index is 5.45. The number of fused-ring (bicyclic) bond motifs is 1.